The van der Waals surface area contributed by atoms with Crippen LogP contribution in [0.1, 0.15) is 12.8 Å². The van der Waals surface area contributed by atoms with Gasteiger partial charge in [0.15, 0.2) is 0 Å². The smallest absolute Gasteiger partial charge is 0.123 e. The fraction of sp³-hybridized carbons (Fsp3) is 0.625. The minimum absolute atomic E-state index is 0.168. The topological polar surface area (TPSA) is 15.3 Å². The van der Waals surface area contributed by atoms with E-state index in [-0.39, 0.29) is 5.82 Å². The van der Waals surface area contributed by atoms with Gasteiger partial charge in [0.05, 0.1) is 0 Å². The standard InChI is InChI=1S/C16H23FN2S2/c17-13-3-5-14(6-4-13)18-15-2-1-7-19(10-15)16-11-20-8-9-21-12-16/h3-6,15-16,18H,1-2,7-12H2. The van der Waals surface area contributed by atoms with Crippen LogP contribution < -0.4 is 5.32 Å². The van der Waals surface area contributed by atoms with Gasteiger partial charge < -0.3 is 5.32 Å². The maximum absolute atomic E-state index is 13.0. The summed E-state index contributed by atoms with van der Waals surface area (Å²) in [6.07, 6.45) is 2.46. The molecule has 0 saturated carbocycles. The first-order valence-electron chi connectivity index (χ1n) is 7.73. The van der Waals surface area contributed by atoms with Crippen LogP contribution >= 0.6 is 23.5 Å². The van der Waals surface area contributed by atoms with E-state index < -0.39 is 0 Å². The van der Waals surface area contributed by atoms with Gasteiger partial charge in [0.25, 0.3) is 0 Å². The molecule has 3 rings (SSSR count). The van der Waals surface area contributed by atoms with E-state index >= 15 is 0 Å². The normalized spacial score (nSPS) is 25.5. The Hall–Kier alpha value is -0.390. The number of nitrogens with one attached hydrogen (secondary N) is 1. The molecule has 1 aromatic rings. The Morgan fingerprint density at radius 2 is 1.81 bits per heavy atom. The predicted octanol–water partition coefficient (Wildman–Crippen LogP) is 3.55. The zero-order chi connectivity index (χ0) is 14.5. The summed E-state index contributed by atoms with van der Waals surface area (Å²) < 4.78 is 13.0. The van der Waals surface area contributed by atoms with E-state index in [2.05, 4.69) is 33.7 Å². The number of anilines is 1. The minimum atomic E-state index is -0.168. The number of hydrogen-bond donors (Lipinski definition) is 1. The molecular formula is C16H23FN2S2. The average Bonchev–Trinajstić information content (AvgIpc) is 2.79. The molecule has 1 atom stereocenters. The highest BCUT2D eigenvalue weighted by molar-refractivity contribution is 8.03. The van der Waals surface area contributed by atoms with Gasteiger partial charge in [0.1, 0.15) is 5.82 Å². The van der Waals surface area contributed by atoms with Gasteiger partial charge in [-0.2, -0.15) is 23.5 Å². The van der Waals surface area contributed by atoms with Crippen molar-refractivity contribution in [2.24, 2.45) is 0 Å². The van der Waals surface area contributed by atoms with Crippen LogP contribution in [0.15, 0.2) is 24.3 Å². The summed E-state index contributed by atoms with van der Waals surface area (Å²) in [5, 5.41) is 3.57. The maximum Gasteiger partial charge on any atom is 0.123 e. The van der Waals surface area contributed by atoms with Gasteiger partial charge in [0.2, 0.25) is 0 Å². The SMILES string of the molecule is Fc1ccc(NC2CCCN(C3CSCCSC3)C2)cc1. The highest BCUT2D eigenvalue weighted by Crippen LogP contribution is 2.24. The third-order valence-corrected chi connectivity index (χ3v) is 6.66. The Morgan fingerprint density at radius 1 is 1.10 bits per heavy atom. The van der Waals surface area contributed by atoms with Crippen molar-refractivity contribution in [3.63, 3.8) is 0 Å². The largest absolute Gasteiger partial charge is 0.381 e. The van der Waals surface area contributed by atoms with Crippen LogP contribution in [0.2, 0.25) is 0 Å². The van der Waals surface area contributed by atoms with E-state index in [1.807, 2.05) is 12.1 Å². The van der Waals surface area contributed by atoms with E-state index in [9.17, 15) is 4.39 Å². The molecule has 2 heterocycles. The van der Waals surface area contributed by atoms with Crippen molar-refractivity contribution in [3.05, 3.63) is 30.1 Å². The Kier molecular flexibility index (Phi) is 5.72. The van der Waals surface area contributed by atoms with Gasteiger partial charge in [-0.15, -0.1) is 0 Å². The molecule has 0 bridgehead atoms. The number of piperidine rings is 1. The fourth-order valence-corrected chi connectivity index (χ4v) is 5.68. The number of nitrogens with zero attached hydrogens (tertiary/aromatic N) is 1. The Labute approximate surface area is 135 Å². The van der Waals surface area contributed by atoms with Crippen LogP contribution in [0.3, 0.4) is 0 Å². The minimum Gasteiger partial charge on any atom is -0.381 e. The molecule has 21 heavy (non-hydrogen) atoms. The number of rotatable bonds is 3. The average molecular weight is 327 g/mol. The van der Waals surface area contributed by atoms with Gasteiger partial charge >= 0.3 is 0 Å². The number of benzene rings is 1. The summed E-state index contributed by atoms with van der Waals surface area (Å²) in [6.45, 7) is 2.34. The Bertz CT molecular complexity index is 432. The van der Waals surface area contributed by atoms with Crippen LogP contribution in [-0.4, -0.2) is 53.1 Å². The van der Waals surface area contributed by atoms with Crippen LogP contribution in [-0.2, 0) is 0 Å². The van der Waals surface area contributed by atoms with E-state index in [1.165, 1.54) is 54.5 Å². The molecule has 2 aliphatic heterocycles. The van der Waals surface area contributed by atoms with Crippen LogP contribution in [0.5, 0.6) is 0 Å². The summed E-state index contributed by atoms with van der Waals surface area (Å²) in [4.78, 5) is 2.66. The van der Waals surface area contributed by atoms with Crippen molar-refractivity contribution in [2.45, 2.75) is 24.9 Å². The fourth-order valence-electron chi connectivity index (χ4n) is 3.05. The Balaban J connectivity index is 1.56. The van der Waals surface area contributed by atoms with Crippen molar-refractivity contribution in [1.29, 1.82) is 0 Å². The molecule has 1 N–H and O–H groups in total. The van der Waals surface area contributed by atoms with Gasteiger partial charge in [-0.05, 0) is 43.7 Å². The molecule has 0 spiro atoms. The second kappa shape index (κ2) is 7.75. The molecule has 0 radical (unpaired) electrons. The van der Waals surface area contributed by atoms with E-state index in [0.717, 1.165) is 18.3 Å². The first-order valence-corrected chi connectivity index (χ1v) is 10.0. The lowest BCUT2D eigenvalue weighted by Gasteiger charge is -2.38. The predicted molar refractivity (Wildman–Crippen MR) is 93.1 cm³/mol. The number of thioether (sulfide) groups is 2. The molecule has 0 amide bonds. The van der Waals surface area contributed by atoms with Gasteiger partial charge in [-0.25, -0.2) is 4.39 Å². The first-order chi connectivity index (χ1) is 10.3. The van der Waals surface area contributed by atoms with Crippen molar-refractivity contribution in [3.8, 4) is 0 Å². The van der Waals surface area contributed by atoms with Crippen molar-refractivity contribution in [2.75, 3.05) is 41.4 Å². The monoisotopic (exact) mass is 326 g/mol. The molecule has 116 valence electrons. The third kappa shape index (κ3) is 4.54. The molecule has 2 fully saturated rings. The van der Waals surface area contributed by atoms with Crippen LogP contribution in [0, 0.1) is 5.82 Å². The van der Waals surface area contributed by atoms with Gasteiger partial charge in [-0.1, -0.05) is 0 Å². The van der Waals surface area contributed by atoms with Crippen molar-refractivity contribution < 1.29 is 4.39 Å². The summed E-state index contributed by atoms with van der Waals surface area (Å²) >= 11 is 4.20. The van der Waals surface area contributed by atoms with Crippen LogP contribution in [0.25, 0.3) is 0 Å². The zero-order valence-electron chi connectivity index (χ0n) is 12.3. The number of likely N-dealkylation sites (tertiary alicyclic amines) is 1. The highest BCUT2D eigenvalue weighted by Gasteiger charge is 2.26. The molecule has 0 aliphatic carbocycles. The molecule has 2 aliphatic rings. The van der Waals surface area contributed by atoms with Gasteiger partial charge in [0, 0.05) is 47.3 Å². The van der Waals surface area contributed by atoms with E-state index in [0.29, 0.717) is 6.04 Å². The lowest BCUT2D eigenvalue weighted by atomic mass is 10.0. The second-order valence-electron chi connectivity index (χ2n) is 5.79. The van der Waals surface area contributed by atoms with Crippen molar-refractivity contribution in [1.82, 2.24) is 4.90 Å². The molecule has 2 saturated heterocycles. The molecule has 1 unspecified atom stereocenters. The Morgan fingerprint density at radius 3 is 2.52 bits per heavy atom. The lowest BCUT2D eigenvalue weighted by molar-refractivity contribution is 0.180. The highest BCUT2D eigenvalue weighted by atomic mass is 32.2. The first kappa shape index (κ1) is 15.5. The van der Waals surface area contributed by atoms with E-state index in [4.69, 9.17) is 0 Å². The quantitative estimate of drug-likeness (QED) is 0.913. The number of hydrogen-bond acceptors (Lipinski definition) is 4. The molecule has 2 nitrogen and oxygen atoms in total. The summed E-state index contributed by atoms with van der Waals surface area (Å²) in [6, 6.07) is 7.95. The number of halogens is 1. The molecule has 1 aromatic carbocycles. The summed E-state index contributed by atoms with van der Waals surface area (Å²) in [5.74, 6) is 4.98. The zero-order valence-corrected chi connectivity index (χ0v) is 13.9. The second-order valence-corrected chi connectivity index (χ2v) is 8.09. The third-order valence-electron chi connectivity index (χ3n) is 4.18. The summed E-state index contributed by atoms with van der Waals surface area (Å²) in [5.41, 5.74) is 1.04. The maximum atomic E-state index is 13.0. The molecule has 0 aromatic heterocycles. The van der Waals surface area contributed by atoms with Gasteiger partial charge in [-0.3, -0.25) is 4.90 Å². The van der Waals surface area contributed by atoms with E-state index in [1.54, 1.807) is 0 Å². The molecular weight excluding hydrogens is 303 g/mol. The molecule has 5 heteroatoms. The van der Waals surface area contributed by atoms with Crippen LogP contribution in [0.4, 0.5) is 10.1 Å². The summed E-state index contributed by atoms with van der Waals surface area (Å²) in [7, 11) is 0. The lowest BCUT2D eigenvalue weighted by Crippen LogP contribution is -2.48. The van der Waals surface area contributed by atoms with Crippen molar-refractivity contribution >= 4 is 29.2 Å².